The van der Waals surface area contributed by atoms with Crippen LogP contribution < -0.4 is 5.32 Å². The van der Waals surface area contributed by atoms with Crippen molar-refractivity contribution < 1.29 is 18.0 Å². The van der Waals surface area contributed by atoms with Crippen LogP contribution in [0, 0.1) is 0 Å². The van der Waals surface area contributed by atoms with Crippen molar-refractivity contribution in [3.05, 3.63) is 28.2 Å². The molecule has 0 saturated heterocycles. The number of para-hydroxylation sites is 1. The number of hydrogen-bond acceptors (Lipinski definition) is 1. The Morgan fingerprint density at radius 3 is 2.69 bits per heavy atom. The molecule has 0 fully saturated rings. The topological polar surface area (TPSA) is 29.1 Å². The summed E-state index contributed by atoms with van der Waals surface area (Å²) in [5.41, 5.74) is 0.336. The van der Waals surface area contributed by atoms with Crippen LogP contribution in [0.15, 0.2) is 22.7 Å². The number of carbonyl (C=O) groups excluding carboxylic acids is 1. The van der Waals surface area contributed by atoms with Gasteiger partial charge in [-0.25, -0.2) is 0 Å². The molecule has 1 unspecified atom stereocenters. The molecule has 2 rings (SSSR count). The van der Waals surface area contributed by atoms with Crippen molar-refractivity contribution in [1.29, 1.82) is 0 Å². The molecule has 1 aromatic rings. The first-order valence-corrected chi connectivity index (χ1v) is 5.34. The molecule has 0 saturated carbocycles. The first-order chi connectivity index (χ1) is 7.39. The molecular weight excluding hydrogens is 287 g/mol. The number of benzene rings is 1. The van der Waals surface area contributed by atoms with Crippen LogP contribution in [0.25, 0.3) is 0 Å². The number of nitrogens with one attached hydrogen (secondary N) is 1. The van der Waals surface area contributed by atoms with E-state index in [1.54, 1.807) is 6.07 Å². The summed E-state index contributed by atoms with van der Waals surface area (Å²) in [4.78, 5) is 11.2. The maximum Gasteiger partial charge on any atom is 0.396 e. The van der Waals surface area contributed by atoms with E-state index in [4.69, 9.17) is 0 Å². The molecule has 16 heavy (non-hydrogen) atoms. The van der Waals surface area contributed by atoms with Crippen molar-refractivity contribution in [2.45, 2.75) is 18.5 Å². The van der Waals surface area contributed by atoms with E-state index >= 15 is 0 Å². The first-order valence-electron chi connectivity index (χ1n) is 4.54. The number of anilines is 1. The molecular formula is C10H7BrF3NO. The zero-order chi connectivity index (χ0) is 11.9. The smallest absolute Gasteiger partial charge is 0.325 e. The molecule has 1 atom stereocenters. The molecule has 86 valence electrons. The Kier molecular flexibility index (Phi) is 2.69. The Balaban J connectivity index is 2.55. The number of fused-ring (bicyclic) bond motifs is 1. The zero-order valence-electron chi connectivity index (χ0n) is 7.94. The molecule has 0 spiro atoms. The lowest BCUT2D eigenvalue weighted by Gasteiger charge is -2.27. The maximum atomic E-state index is 12.7. The largest absolute Gasteiger partial charge is 0.396 e. The number of rotatable bonds is 0. The lowest BCUT2D eigenvalue weighted by atomic mass is 9.90. The highest BCUT2D eigenvalue weighted by Gasteiger charge is 2.45. The predicted octanol–water partition coefficient (Wildman–Crippen LogP) is 3.44. The molecule has 0 radical (unpaired) electrons. The van der Waals surface area contributed by atoms with Gasteiger partial charge in [-0.2, -0.15) is 13.2 Å². The molecule has 2 nitrogen and oxygen atoms in total. The number of hydrogen-bond donors (Lipinski definition) is 1. The van der Waals surface area contributed by atoms with Crippen LogP contribution in [0.3, 0.4) is 0 Å². The normalized spacial score (nSPS) is 20.2. The number of alkyl halides is 3. The summed E-state index contributed by atoms with van der Waals surface area (Å²) in [5, 5.41) is 2.44. The van der Waals surface area contributed by atoms with Crippen molar-refractivity contribution in [2.24, 2.45) is 0 Å². The number of amides is 1. The van der Waals surface area contributed by atoms with Crippen molar-refractivity contribution in [3.8, 4) is 0 Å². The fourth-order valence-electron chi connectivity index (χ4n) is 1.74. The van der Waals surface area contributed by atoms with Crippen molar-refractivity contribution in [1.82, 2.24) is 0 Å². The molecule has 1 heterocycles. The third-order valence-corrected chi connectivity index (χ3v) is 3.13. The van der Waals surface area contributed by atoms with Crippen LogP contribution in [-0.2, 0) is 4.79 Å². The van der Waals surface area contributed by atoms with Gasteiger partial charge in [0, 0.05) is 10.9 Å². The van der Waals surface area contributed by atoms with Crippen LogP contribution in [0.4, 0.5) is 18.9 Å². The average molecular weight is 294 g/mol. The third-order valence-electron chi connectivity index (χ3n) is 2.47. The second-order valence-electron chi connectivity index (χ2n) is 3.55. The van der Waals surface area contributed by atoms with Gasteiger partial charge in [0.25, 0.3) is 0 Å². The summed E-state index contributed by atoms with van der Waals surface area (Å²) < 4.78 is 38.7. The van der Waals surface area contributed by atoms with Crippen LogP contribution in [0.2, 0.25) is 0 Å². The summed E-state index contributed by atoms with van der Waals surface area (Å²) >= 11 is 3.12. The second kappa shape index (κ2) is 3.76. The highest BCUT2D eigenvalue weighted by molar-refractivity contribution is 9.10. The maximum absolute atomic E-state index is 12.7. The van der Waals surface area contributed by atoms with Gasteiger partial charge in [-0.15, -0.1) is 0 Å². The Bertz CT molecular complexity index is 444. The van der Waals surface area contributed by atoms with Crippen LogP contribution in [0.1, 0.15) is 17.9 Å². The van der Waals surface area contributed by atoms with Crippen LogP contribution in [-0.4, -0.2) is 12.1 Å². The van der Waals surface area contributed by atoms with Gasteiger partial charge in [-0.3, -0.25) is 4.79 Å². The Labute approximate surface area is 98.0 Å². The van der Waals surface area contributed by atoms with Crippen molar-refractivity contribution in [2.75, 3.05) is 5.32 Å². The van der Waals surface area contributed by atoms with E-state index in [1.165, 1.54) is 12.1 Å². The minimum Gasteiger partial charge on any atom is -0.325 e. The van der Waals surface area contributed by atoms with Crippen molar-refractivity contribution in [3.63, 3.8) is 0 Å². The Morgan fingerprint density at radius 2 is 2.06 bits per heavy atom. The molecule has 1 aliphatic heterocycles. The van der Waals surface area contributed by atoms with Gasteiger partial charge in [0.1, 0.15) is 0 Å². The van der Waals surface area contributed by atoms with Crippen molar-refractivity contribution >= 4 is 27.5 Å². The van der Waals surface area contributed by atoms with Crippen LogP contribution >= 0.6 is 15.9 Å². The fraction of sp³-hybridized carbons (Fsp3) is 0.300. The van der Waals surface area contributed by atoms with Crippen LogP contribution in [0.5, 0.6) is 0 Å². The third kappa shape index (κ3) is 1.93. The molecule has 1 amide bonds. The Morgan fingerprint density at radius 1 is 1.38 bits per heavy atom. The summed E-state index contributed by atoms with van der Waals surface area (Å²) in [7, 11) is 0. The van der Waals surface area contributed by atoms with E-state index in [1.807, 2.05) is 0 Å². The van der Waals surface area contributed by atoms with Gasteiger partial charge in [-0.05, 0) is 27.6 Å². The quantitative estimate of drug-likeness (QED) is 0.780. The van der Waals surface area contributed by atoms with E-state index < -0.39 is 24.4 Å². The highest BCUT2D eigenvalue weighted by atomic mass is 79.9. The molecule has 0 bridgehead atoms. The van der Waals surface area contributed by atoms with Gasteiger partial charge in [-0.1, -0.05) is 12.1 Å². The monoisotopic (exact) mass is 293 g/mol. The standard InChI is InChI=1S/C10H7BrF3NO/c11-7-3-1-2-5-6(10(12,13)14)4-8(16)15-9(5)7/h1-3,6H,4H2,(H,15,16). The predicted molar refractivity (Wildman–Crippen MR) is 56.2 cm³/mol. The molecule has 0 aromatic heterocycles. The Hall–Kier alpha value is -1.04. The first kappa shape index (κ1) is 11.4. The SMILES string of the molecule is O=C1CC(C(F)(F)F)c2cccc(Br)c2N1. The minimum absolute atomic E-state index is 0.112. The molecule has 1 aliphatic rings. The number of carbonyl (C=O) groups is 1. The van der Waals surface area contributed by atoms with Gasteiger partial charge in [0.15, 0.2) is 0 Å². The summed E-state index contributed by atoms with van der Waals surface area (Å²) in [6, 6.07) is 4.51. The molecule has 1 N–H and O–H groups in total. The van der Waals surface area contributed by atoms with E-state index in [9.17, 15) is 18.0 Å². The molecule has 0 aliphatic carbocycles. The minimum atomic E-state index is -4.40. The average Bonchev–Trinajstić information content (AvgIpc) is 2.17. The zero-order valence-corrected chi connectivity index (χ0v) is 9.52. The summed E-state index contributed by atoms with van der Waals surface area (Å²) in [5.74, 6) is -2.32. The summed E-state index contributed by atoms with van der Waals surface area (Å²) in [6.45, 7) is 0. The van der Waals surface area contributed by atoms with E-state index in [0.717, 1.165) is 0 Å². The van der Waals surface area contributed by atoms with Gasteiger partial charge in [0.05, 0.1) is 11.6 Å². The number of halogens is 4. The molecule has 6 heteroatoms. The fourth-order valence-corrected chi connectivity index (χ4v) is 2.22. The van der Waals surface area contributed by atoms with E-state index in [2.05, 4.69) is 21.2 Å². The van der Waals surface area contributed by atoms with Gasteiger partial charge < -0.3 is 5.32 Å². The lowest BCUT2D eigenvalue weighted by Crippen LogP contribution is -2.31. The highest BCUT2D eigenvalue weighted by Crippen LogP contribution is 2.45. The van der Waals surface area contributed by atoms with E-state index in [-0.39, 0.29) is 11.3 Å². The van der Waals surface area contributed by atoms with Gasteiger partial charge in [0.2, 0.25) is 5.91 Å². The molecule has 1 aromatic carbocycles. The second-order valence-corrected chi connectivity index (χ2v) is 4.40. The lowest BCUT2D eigenvalue weighted by molar-refractivity contribution is -0.156. The van der Waals surface area contributed by atoms with E-state index in [0.29, 0.717) is 4.47 Å². The van der Waals surface area contributed by atoms with Gasteiger partial charge >= 0.3 is 6.18 Å². The summed E-state index contributed by atoms with van der Waals surface area (Å²) in [6.07, 6.45) is -4.94.